The zero-order valence-electron chi connectivity index (χ0n) is 11.9. The van der Waals surface area contributed by atoms with Crippen molar-refractivity contribution in [2.75, 3.05) is 5.32 Å². The van der Waals surface area contributed by atoms with Crippen molar-refractivity contribution < 1.29 is 22.7 Å². The highest BCUT2D eigenvalue weighted by Crippen LogP contribution is 2.20. The van der Waals surface area contributed by atoms with Crippen molar-refractivity contribution in [1.82, 2.24) is 0 Å². The van der Waals surface area contributed by atoms with Crippen molar-refractivity contribution >= 4 is 11.6 Å². The Morgan fingerprint density at radius 3 is 2.65 bits per heavy atom. The largest absolute Gasteiger partial charge is 0.481 e. The van der Waals surface area contributed by atoms with E-state index < -0.39 is 35.2 Å². The molecule has 0 aromatic heterocycles. The Morgan fingerprint density at radius 1 is 1.22 bits per heavy atom. The van der Waals surface area contributed by atoms with Gasteiger partial charge < -0.3 is 10.1 Å². The molecule has 2 aromatic carbocycles. The molecule has 0 saturated carbocycles. The van der Waals surface area contributed by atoms with E-state index in [2.05, 4.69) is 5.32 Å². The molecule has 0 unspecified atom stereocenters. The minimum Gasteiger partial charge on any atom is -0.481 e. The second-order valence-corrected chi connectivity index (χ2v) is 4.61. The fourth-order valence-corrected chi connectivity index (χ4v) is 1.75. The summed E-state index contributed by atoms with van der Waals surface area (Å²) >= 11 is 0. The SMILES string of the molecule is C[C@H](Oc1cccc(C#N)c1)C(=O)Nc1ccc(F)c(F)c1F. The van der Waals surface area contributed by atoms with Crippen LogP contribution in [0.2, 0.25) is 0 Å². The molecule has 2 aromatic rings. The van der Waals surface area contributed by atoms with E-state index >= 15 is 0 Å². The van der Waals surface area contributed by atoms with E-state index in [-0.39, 0.29) is 5.75 Å². The highest BCUT2D eigenvalue weighted by atomic mass is 19.2. The van der Waals surface area contributed by atoms with Crippen molar-refractivity contribution in [3.05, 3.63) is 59.4 Å². The third kappa shape index (κ3) is 3.80. The van der Waals surface area contributed by atoms with Gasteiger partial charge in [0, 0.05) is 0 Å². The third-order valence-corrected chi connectivity index (χ3v) is 2.94. The fraction of sp³-hybridized carbons (Fsp3) is 0.125. The average molecular weight is 320 g/mol. The number of nitrogens with zero attached hydrogens (tertiary/aromatic N) is 1. The van der Waals surface area contributed by atoms with Crippen molar-refractivity contribution in [3.8, 4) is 11.8 Å². The van der Waals surface area contributed by atoms with E-state index in [1.807, 2.05) is 6.07 Å². The van der Waals surface area contributed by atoms with Gasteiger partial charge in [0.1, 0.15) is 5.75 Å². The third-order valence-electron chi connectivity index (χ3n) is 2.94. The molecule has 1 atom stereocenters. The molecule has 0 saturated heterocycles. The van der Waals surface area contributed by atoms with Gasteiger partial charge in [0.15, 0.2) is 23.6 Å². The number of benzene rings is 2. The molecule has 4 nitrogen and oxygen atoms in total. The predicted octanol–water partition coefficient (Wildman–Crippen LogP) is 3.38. The van der Waals surface area contributed by atoms with E-state index in [1.54, 1.807) is 18.2 Å². The average Bonchev–Trinajstić information content (AvgIpc) is 2.55. The second kappa shape index (κ2) is 6.83. The molecular weight excluding hydrogens is 309 g/mol. The van der Waals surface area contributed by atoms with Gasteiger partial charge in [-0.05, 0) is 37.3 Å². The molecule has 0 aliphatic heterocycles. The van der Waals surface area contributed by atoms with Crippen LogP contribution in [-0.2, 0) is 4.79 Å². The summed E-state index contributed by atoms with van der Waals surface area (Å²) < 4.78 is 44.8. The lowest BCUT2D eigenvalue weighted by Crippen LogP contribution is -2.30. The van der Waals surface area contributed by atoms with Gasteiger partial charge in [-0.3, -0.25) is 4.79 Å². The number of hydrogen-bond acceptors (Lipinski definition) is 3. The minimum atomic E-state index is -1.67. The molecule has 0 spiro atoms. The quantitative estimate of drug-likeness (QED) is 0.879. The summed E-state index contributed by atoms with van der Waals surface area (Å²) in [5, 5.41) is 10.9. The van der Waals surface area contributed by atoms with Crippen LogP contribution in [0.15, 0.2) is 36.4 Å². The smallest absolute Gasteiger partial charge is 0.265 e. The first-order valence-corrected chi connectivity index (χ1v) is 6.53. The lowest BCUT2D eigenvalue weighted by molar-refractivity contribution is -0.122. The molecule has 118 valence electrons. The molecule has 7 heteroatoms. The lowest BCUT2D eigenvalue weighted by atomic mass is 10.2. The van der Waals surface area contributed by atoms with Crippen LogP contribution in [0.1, 0.15) is 12.5 Å². The first-order valence-electron chi connectivity index (χ1n) is 6.53. The summed E-state index contributed by atoms with van der Waals surface area (Å²) in [4.78, 5) is 11.9. The van der Waals surface area contributed by atoms with Crippen molar-refractivity contribution in [1.29, 1.82) is 5.26 Å². The molecule has 0 aliphatic carbocycles. The first-order chi connectivity index (χ1) is 10.9. The lowest BCUT2D eigenvalue weighted by Gasteiger charge is -2.15. The van der Waals surface area contributed by atoms with Crippen LogP contribution in [0, 0.1) is 28.8 Å². The number of halogens is 3. The number of nitrogens with one attached hydrogen (secondary N) is 1. The van der Waals surface area contributed by atoms with Gasteiger partial charge in [0.2, 0.25) is 0 Å². The number of amides is 1. The summed E-state index contributed by atoms with van der Waals surface area (Å²) in [6.07, 6.45) is -1.04. The number of carbonyl (C=O) groups is 1. The zero-order valence-corrected chi connectivity index (χ0v) is 11.9. The van der Waals surface area contributed by atoms with E-state index in [1.165, 1.54) is 13.0 Å². The van der Waals surface area contributed by atoms with Gasteiger partial charge in [-0.25, -0.2) is 13.2 Å². The topological polar surface area (TPSA) is 62.1 Å². The highest BCUT2D eigenvalue weighted by Gasteiger charge is 2.19. The minimum absolute atomic E-state index is 0.275. The maximum Gasteiger partial charge on any atom is 0.265 e. The molecule has 0 bridgehead atoms. The number of anilines is 1. The number of nitriles is 1. The molecule has 0 fully saturated rings. The van der Waals surface area contributed by atoms with Gasteiger partial charge in [0.25, 0.3) is 5.91 Å². The van der Waals surface area contributed by atoms with Gasteiger partial charge in [-0.2, -0.15) is 5.26 Å². The highest BCUT2D eigenvalue weighted by molar-refractivity contribution is 5.94. The van der Waals surface area contributed by atoms with Crippen LogP contribution < -0.4 is 10.1 Å². The number of hydrogen-bond donors (Lipinski definition) is 1. The van der Waals surface area contributed by atoms with Crippen LogP contribution in [0.3, 0.4) is 0 Å². The van der Waals surface area contributed by atoms with E-state index in [9.17, 15) is 18.0 Å². The summed E-state index contributed by atoms with van der Waals surface area (Å²) in [5.74, 6) is -4.98. The Kier molecular flexibility index (Phi) is 4.86. The Bertz CT molecular complexity index is 787. The van der Waals surface area contributed by atoms with Gasteiger partial charge in [-0.1, -0.05) is 6.07 Å². The summed E-state index contributed by atoms with van der Waals surface area (Å²) in [5.41, 5.74) is -0.142. The molecule has 1 N–H and O–H groups in total. The van der Waals surface area contributed by atoms with Crippen LogP contribution in [0.4, 0.5) is 18.9 Å². The maximum atomic E-state index is 13.5. The Labute approximate surface area is 130 Å². The predicted molar refractivity (Wildman–Crippen MR) is 76.2 cm³/mol. The van der Waals surface area contributed by atoms with Crippen LogP contribution in [0.5, 0.6) is 5.75 Å². The number of ether oxygens (including phenoxy) is 1. The summed E-state index contributed by atoms with van der Waals surface area (Å²) in [6.45, 7) is 1.40. The van der Waals surface area contributed by atoms with Crippen molar-refractivity contribution in [2.24, 2.45) is 0 Å². The fourth-order valence-electron chi connectivity index (χ4n) is 1.75. The monoisotopic (exact) mass is 320 g/mol. The van der Waals surface area contributed by atoms with E-state index in [4.69, 9.17) is 10.00 Å². The second-order valence-electron chi connectivity index (χ2n) is 4.61. The molecule has 0 radical (unpaired) electrons. The molecule has 2 rings (SSSR count). The normalized spacial score (nSPS) is 11.4. The molecule has 0 aliphatic rings. The number of rotatable bonds is 4. The van der Waals surface area contributed by atoms with Crippen LogP contribution >= 0.6 is 0 Å². The summed E-state index contributed by atoms with van der Waals surface area (Å²) in [6, 6.07) is 9.65. The standard InChI is InChI=1S/C16H11F3N2O2/c1-9(23-11-4-2-3-10(7-11)8-20)16(22)21-13-6-5-12(17)14(18)15(13)19/h2-7,9H,1H3,(H,21,22)/t9-/m0/s1. The summed E-state index contributed by atoms with van der Waals surface area (Å²) in [7, 11) is 0. The molecular formula is C16H11F3N2O2. The number of carbonyl (C=O) groups excluding carboxylic acids is 1. The zero-order chi connectivity index (χ0) is 17.0. The molecule has 0 heterocycles. The Hall–Kier alpha value is -3.01. The van der Waals surface area contributed by atoms with E-state index in [0.717, 1.165) is 6.07 Å². The van der Waals surface area contributed by atoms with Gasteiger partial charge in [-0.15, -0.1) is 0 Å². The Morgan fingerprint density at radius 2 is 1.96 bits per heavy atom. The van der Waals surface area contributed by atoms with Gasteiger partial charge in [0.05, 0.1) is 17.3 Å². The van der Waals surface area contributed by atoms with Gasteiger partial charge >= 0.3 is 0 Å². The first kappa shape index (κ1) is 16.4. The molecule has 23 heavy (non-hydrogen) atoms. The molecule has 1 amide bonds. The van der Waals surface area contributed by atoms with Crippen molar-refractivity contribution in [3.63, 3.8) is 0 Å². The Balaban J connectivity index is 2.08. The van der Waals surface area contributed by atoms with Crippen LogP contribution in [-0.4, -0.2) is 12.0 Å². The van der Waals surface area contributed by atoms with Crippen LogP contribution in [0.25, 0.3) is 0 Å². The van der Waals surface area contributed by atoms with Crippen molar-refractivity contribution in [2.45, 2.75) is 13.0 Å². The maximum absolute atomic E-state index is 13.5. The van der Waals surface area contributed by atoms with E-state index in [0.29, 0.717) is 11.6 Å².